The van der Waals surface area contributed by atoms with E-state index in [4.69, 9.17) is 30.5 Å². The van der Waals surface area contributed by atoms with E-state index in [0.717, 1.165) is 12.8 Å². The first-order valence-electron chi connectivity index (χ1n) is 9.06. The van der Waals surface area contributed by atoms with Crippen molar-refractivity contribution in [1.29, 1.82) is 0 Å². The number of aliphatic hydroxyl groups is 1. The van der Waals surface area contributed by atoms with E-state index in [1.807, 2.05) is 0 Å². The monoisotopic (exact) mass is 397 g/mol. The fourth-order valence-electron chi connectivity index (χ4n) is 5.09. The minimum atomic E-state index is -0.332. The molecule has 3 heterocycles. The molecule has 8 heteroatoms. The van der Waals surface area contributed by atoms with Gasteiger partial charge in [0.05, 0.1) is 50.2 Å². The number of carbonyl (C=O) groups is 1. The number of likely N-dealkylation sites (tertiary alicyclic amines) is 1. The quantitative estimate of drug-likeness (QED) is 0.818. The number of hydrogen-bond acceptors (Lipinski definition) is 6. The Morgan fingerprint density at radius 1 is 1.30 bits per heavy atom. The first kappa shape index (κ1) is 18.7. The lowest BCUT2D eigenvalue weighted by Gasteiger charge is -2.27. The first-order chi connectivity index (χ1) is 13.0. The summed E-state index contributed by atoms with van der Waals surface area (Å²) in [5, 5.41) is 10.0. The van der Waals surface area contributed by atoms with E-state index in [0.29, 0.717) is 35.9 Å². The van der Waals surface area contributed by atoms with Crippen LogP contribution < -0.4 is 14.2 Å². The highest BCUT2D eigenvalue weighted by Gasteiger charge is 2.63. The molecular weight excluding hydrogens is 374 g/mol. The summed E-state index contributed by atoms with van der Waals surface area (Å²) in [7, 11) is 4.43. The number of aliphatic hydroxyl groups excluding tert-OH is 1. The molecule has 3 aliphatic rings. The zero-order valence-corrected chi connectivity index (χ0v) is 16.4. The van der Waals surface area contributed by atoms with E-state index < -0.39 is 0 Å². The molecule has 0 radical (unpaired) electrons. The fourth-order valence-corrected chi connectivity index (χ4v) is 5.36. The van der Waals surface area contributed by atoms with Gasteiger partial charge in [-0.25, -0.2) is 0 Å². The van der Waals surface area contributed by atoms with Crippen LogP contribution in [0.4, 0.5) is 0 Å². The number of amides is 1. The fraction of sp³-hybridized carbons (Fsp3) is 0.632. The van der Waals surface area contributed by atoms with Gasteiger partial charge in [-0.15, -0.1) is 0 Å². The highest BCUT2D eigenvalue weighted by molar-refractivity contribution is 6.33. The van der Waals surface area contributed by atoms with Crippen LogP contribution in [0.15, 0.2) is 6.07 Å². The predicted molar refractivity (Wildman–Crippen MR) is 97.9 cm³/mol. The van der Waals surface area contributed by atoms with Crippen molar-refractivity contribution in [2.24, 2.45) is 11.8 Å². The van der Waals surface area contributed by atoms with E-state index in [-0.39, 0.29) is 41.1 Å². The molecule has 1 amide bonds. The maximum atomic E-state index is 13.3. The molecule has 1 spiro atoms. The maximum absolute atomic E-state index is 13.3. The van der Waals surface area contributed by atoms with Crippen molar-refractivity contribution in [3.8, 4) is 17.2 Å². The normalized spacial score (nSPS) is 31.1. The summed E-state index contributed by atoms with van der Waals surface area (Å²) in [5.41, 5.74) is -0.00646. The number of methoxy groups -OCH3 is 3. The molecule has 3 saturated heterocycles. The molecule has 2 bridgehead atoms. The standard InChI is InChI=1S/C19H24ClNO6/c1-24-15-10(6-13(20)16(25-2)17(15)26-3)18(23)21-7-12-11(8-22)14-4-5-19(12,9-21)27-14/h6,11-12,14,22H,4-5,7-9H2,1-3H3/t11-,12+,14+,19+/m1/s1. The average molecular weight is 398 g/mol. The molecule has 4 rings (SSSR count). The van der Waals surface area contributed by atoms with Gasteiger partial charge in [0.1, 0.15) is 0 Å². The van der Waals surface area contributed by atoms with Crippen LogP contribution >= 0.6 is 11.6 Å². The second kappa shape index (κ2) is 6.72. The van der Waals surface area contributed by atoms with E-state index in [1.165, 1.54) is 21.3 Å². The molecule has 3 aliphatic heterocycles. The summed E-state index contributed by atoms with van der Waals surface area (Å²) in [6.07, 6.45) is 1.98. The molecule has 3 fully saturated rings. The molecule has 7 nitrogen and oxygen atoms in total. The van der Waals surface area contributed by atoms with Crippen LogP contribution in [-0.4, -0.2) is 68.6 Å². The number of halogens is 1. The number of rotatable bonds is 5. The van der Waals surface area contributed by atoms with Crippen molar-refractivity contribution in [2.45, 2.75) is 24.5 Å². The van der Waals surface area contributed by atoms with Crippen LogP contribution in [0.2, 0.25) is 5.02 Å². The van der Waals surface area contributed by atoms with Gasteiger partial charge in [-0.2, -0.15) is 0 Å². The Morgan fingerprint density at radius 2 is 2.00 bits per heavy atom. The SMILES string of the molecule is COc1c(Cl)cc(C(=O)N2C[C@H]3[C@@H](CO)[C@@H]4CC[C@@]3(C2)O4)c(OC)c1OC. The summed E-state index contributed by atoms with van der Waals surface area (Å²) in [6, 6.07) is 1.55. The molecule has 1 N–H and O–H groups in total. The number of fused-ring (bicyclic) bond motifs is 1. The highest BCUT2D eigenvalue weighted by atomic mass is 35.5. The molecule has 0 aliphatic carbocycles. The zero-order chi connectivity index (χ0) is 19.3. The van der Waals surface area contributed by atoms with Crippen molar-refractivity contribution in [3.63, 3.8) is 0 Å². The summed E-state index contributed by atoms with van der Waals surface area (Å²) in [5.74, 6) is 0.967. The topological polar surface area (TPSA) is 77.5 Å². The number of carbonyl (C=O) groups excluding carboxylic acids is 1. The molecule has 1 aromatic carbocycles. The van der Waals surface area contributed by atoms with Crippen LogP contribution in [0.25, 0.3) is 0 Å². The minimum Gasteiger partial charge on any atom is -0.492 e. The number of hydrogen-bond donors (Lipinski definition) is 1. The summed E-state index contributed by atoms with van der Waals surface area (Å²) in [6.45, 7) is 1.15. The summed E-state index contributed by atoms with van der Waals surface area (Å²) in [4.78, 5) is 15.1. The van der Waals surface area contributed by atoms with Crippen molar-refractivity contribution in [1.82, 2.24) is 4.90 Å². The largest absolute Gasteiger partial charge is 0.492 e. The van der Waals surface area contributed by atoms with E-state index >= 15 is 0 Å². The van der Waals surface area contributed by atoms with Crippen LogP contribution in [0.3, 0.4) is 0 Å². The third kappa shape index (κ3) is 2.59. The van der Waals surface area contributed by atoms with Crippen molar-refractivity contribution in [3.05, 3.63) is 16.7 Å². The number of nitrogens with zero attached hydrogens (tertiary/aromatic N) is 1. The molecule has 1 aromatic rings. The lowest BCUT2D eigenvalue weighted by atomic mass is 9.74. The smallest absolute Gasteiger partial charge is 0.257 e. The van der Waals surface area contributed by atoms with Gasteiger partial charge in [0, 0.05) is 25.0 Å². The van der Waals surface area contributed by atoms with Crippen LogP contribution in [0, 0.1) is 11.8 Å². The Hall–Kier alpha value is -1.70. The molecular formula is C19H24ClNO6. The van der Waals surface area contributed by atoms with Gasteiger partial charge in [0.2, 0.25) is 5.75 Å². The summed E-state index contributed by atoms with van der Waals surface area (Å²) >= 11 is 6.31. The molecule has 0 saturated carbocycles. The van der Waals surface area contributed by atoms with Gasteiger partial charge < -0.3 is 29.0 Å². The summed E-state index contributed by atoms with van der Waals surface area (Å²) < 4.78 is 22.3. The third-order valence-electron chi connectivity index (χ3n) is 6.27. The Kier molecular flexibility index (Phi) is 4.64. The third-order valence-corrected chi connectivity index (χ3v) is 6.55. The van der Waals surface area contributed by atoms with Gasteiger partial charge in [0.15, 0.2) is 11.5 Å². The Morgan fingerprint density at radius 3 is 2.63 bits per heavy atom. The number of benzene rings is 1. The van der Waals surface area contributed by atoms with E-state index in [2.05, 4.69) is 0 Å². The number of ether oxygens (including phenoxy) is 4. The second-order valence-electron chi connectivity index (χ2n) is 7.40. The molecule has 148 valence electrons. The lowest BCUT2D eigenvalue weighted by molar-refractivity contribution is 0.00150. The van der Waals surface area contributed by atoms with Crippen molar-refractivity contribution >= 4 is 17.5 Å². The Bertz CT molecular complexity index is 771. The predicted octanol–water partition coefficient (Wildman–Crippen LogP) is 1.98. The molecule has 0 unspecified atom stereocenters. The van der Waals surface area contributed by atoms with Gasteiger partial charge in [-0.3, -0.25) is 4.79 Å². The van der Waals surface area contributed by atoms with Gasteiger partial charge in [-0.1, -0.05) is 11.6 Å². The lowest BCUT2D eigenvalue weighted by Crippen LogP contribution is -2.38. The molecule has 27 heavy (non-hydrogen) atoms. The second-order valence-corrected chi connectivity index (χ2v) is 7.81. The zero-order valence-electron chi connectivity index (χ0n) is 15.7. The minimum absolute atomic E-state index is 0.0879. The average Bonchev–Trinajstić information content (AvgIpc) is 3.33. The van der Waals surface area contributed by atoms with E-state index in [9.17, 15) is 9.90 Å². The first-order valence-corrected chi connectivity index (χ1v) is 9.43. The van der Waals surface area contributed by atoms with Crippen LogP contribution in [-0.2, 0) is 4.74 Å². The van der Waals surface area contributed by atoms with Crippen molar-refractivity contribution in [2.75, 3.05) is 41.0 Å². The highest BCUT2D eigenvalue weighted by Crippen LogP contribution is 2.55. The van der Waals surface area contributed by atoms with Crippen LogP contribution in [0.1, 0.15) is 23.2 Å². The van der Waals surface area contributed by atoms with Gasteiger partial charge >= 0.3 is 0 Å². The van der Waals surface area contributed by atoms with Crippen molar-refractivity contribution < 1.29 is 28.8 Å². The van der Waals surface area contributed by atoms with Gasteiger partial charge in [0.25, 0.3) is 5.91 Å². The molecule has 4 atom stereocenters. The van der Waals surface area contributed by atoms with Crippen LogP contribution in [0.5, 0.6) is 17.2 Å². The Labute approximate surface area is 163 Å². The maximum Gasteiger partial charge on any atom is 0.257 e. The Balaban J connectivity index is 1.67. The van der Waals surface area contributed by atoms with E-state index in [1.54, 1.807) is 11.0 Å². The molecule has 0 aromatic heterocycles. The van der Waals surface area contributed by atoms with Gasteiger partial charge in [-0.05, 0) is 18.9 Å².